The summed E-state index contributed by atoms with van der Waals surface area (Å²) >= 11 is 0. The second-order valence-corrected chi connectivity index (χ2v) is 14.0. The molecule has 0 radical (unpaired) electrons. The summed E-state index contributed by atoms with van der Waals surface area (Å²) in [5, 5.41) is 28.1. The van der Waals surface area contributed by atoms with Gasteiger partial charge in [-0.3, -0.25) is 18.6 Å². The summed E-state index contributed by atoms with van der Waals surface area (Å²) in [6.07, 6.45) is 23.4. The predicted molar refractivity (Wildman–Crippen MR) is 188 cm³/mol. The van der Waals surface area contributed by atoms with E-state index in [2.05, 4.69) is 31.4 Å². The molecule has 0 saturated heterocycles. The van der Waals surface area contributed by atoms with Crippen molar-refractivity contribution in [2.45, 2.75) is 148 Å². The van der Waals surface area contributed by atoms with Crippen molar-refractivity contribution in [3.8, 4) is 0 Å². The summed E-state index contributed by atoms with van der Waals surface area (Å²) in [5.41, 5.74) is 0. The van der Waals surface area contributed by atoms with Crippen molar-refractivity contribution >= 4 is 19.8 Å². The molecule has 11 nitrogen and oxygen atoms in total. The van der Waals surface area contributed by atoms with Crippen LogP contribution >= 0.6 is 7.82 Å². The lowest BCUT2D eigenvalue weighted by Gasteiger charge is -2.20. The highest BCUT2D eigenvalue weighted by molar-refractivity contribution is 7.47. The number of phosphoric acid groups is 1. The molecule has 0 aliphatic heterocycles. The van der Waals surface area contributed by atoms with Gasteiger partial charge in [0.05, 0.1) is 25.9 Å². The Labute approximate surface area is 289 Å². The number of hydrogen-bond acceptors (Lipinski definition) is 10. The van der Waals surface area contributed by atoms with Crippen LogP contribution in [0.2, 0.25) is 0 Å². The highest BCUT2D eigenvalue weighted by atomic mass is 31.2. The van der Waals surface area contributed by atoms with E-state index in [4.69, 9.17) is 19.1 Å². The number of ether oxygens (including phenoxy) is 2. The molecule has 2 unspecified atom stereocenters. The molecular weight excluding hydrogens is 639 g/mol. The van der Waals surface area contributed by atoms with Crippen molar-refractivity contribution < 1.29 is 52.9 Å². The average Bonchev–Trinajstić information content (AvgIpc) is 3.04. The molecule has 4 atom stereocenters. The molecule has 0 aromatic rings. The molecule has 4 N–H and O–H groups in total. The van der Waals surface area contributed by atoms with Gasteiger partial charge in [0, 0.05) is 12.8 Å². The van der Waals surface area contributed by atoms with E-state index in [0.29, 0.717) is 25.2 Å². The molecule has 0 spiro atoms. The van der Waals surface area contributed by atoms with Gasteiger partial charge in [-0.25, -0.2) is 4.57 Å². The van der Waals surface area contributed by atoms with Gasteiger partial charge in [0.15, 0.2) is 6.10 Å². The van der Waals surface area contributed by atoms with Gasteiger partial charge in [-0.05, 0) is 44.4 Å². The summed E-state index contributed by atoms with van der Waals surface area (Å²) < 4.78 is 32.4. The number of carbonyl (C=O) groups excluding carboxylic acids is 2. The summed E-state index contributed by atoms with van der Waals surface area (Å²) in [6.45, 7) is 4.30. The Morgan fingerprint density at radius 1 is 0.750 bits per heavy atom. The minimum Gasteiger partial charge on any atom is -0.462 e. The summed E-state index contributed by atoms with van der Waals surface area (Å²) in [5.74, 6) is -0.283. The van der Waals surface area contributed by atoms with Gasteiger partial charge in [-0.1, -0.05) is 115 Å². The second-order valence-electron chi connectivity index (χ2n) is 12.5. The summed E-state index contributed by atoms with van der Waals surface area (Å²) in [7, 11) is -4.62. The molecule has 48 heavy (non-hydrogen) atoms. The Kier molecular flexibility index (Phi) is 30.0. The zero-order chi connectivity index (χ0) is 35.9. The van der Waals surface area contributed by atoms with Gasteiger partial charge in [-0.15, -0.1) is 0 Å². The first kappa shape index (κ1) is 46.1. The highest BCUT2D eigenvalue weighted by Crippen LogP contribution is 2.43. The van der Waals surface area contributed by atoms with E-state index in [0.717, 1.165) is 57.8 Å². The first-order valence-electron chi connectivity index (χ1n) is 17.9. The number of phosphoric ester groups is 1. The van der Waals surface area contributed by atoms with Gasteiger partial charge in [0.1, 0.15) is 12.7 Å². The van der Waals surface area contributed by atoms with Crippen LogP contribution in [0.5, 0.6) is 0 Å². The Balaban J connectivity index is 4.44. The van der Waals surface area contributed by atoms with Crippen LogP contribution in [-0.2, 0) is 32.7 Å². The number of aliphatic hydroxyl groups is 3. The smallest absolute Gasteiger partial charge is 0.462 e. The van der Waals surface area contributed by atoms with Crippen molar-refractivity contribution in [3.63, 3.8) is 0 Å². The van der Waals surface area contributed by atoms with Crippen LogP contribution in [0.4, 0.5) is 0 Å². The Hall–Kier alpha value is -1.85. The molecule has 0 aromatic carbocycles. The van der Waals surface area contributed by atoms with Crippen molar-refractivity contribution in [2.24, 2.45) is 5.92 Å². The zero-order valence-corrected chi connectivity index (χ0v) is 30.6. The van der Waals surface area contributed by atoms with Crippen molar-refractivity contribution in [3.05, 3.63) is 36.5 Å². The second kappa shape index (κ2) is 31.2. The van der Waals surface area contributed by atoms with Crippen molar-refractivity contribution in [2.75, 3.05) is 26.4 Å². The molecule has 0 heterocycles. The minimum atomic E-state index is -4.62. The van der Waals surface area contributed by atoms with Crippen LogP contribution in [0.25, 0.3) is 0 Å². The number of rotatable bonds is 32. The van der Waals surface area contributed by atoms with E-state index in [9.17, 15) is 29.3 Å². The fourth-order valence-corrected chi connectivity index (χ4v) is 5.30. The first-order valence-corrected chi connectivity index (χ1v) is 19.4. The lowest BCUT2D eigenvalue weighted by molar-refractivity contribution is -0.161. The standard InChI is InChI=1S/C36H65O11P/c1-4-5-17-23-32(38)24-19-14-9-7-6-8-10-15-20-25-35(40)44-29-34(30-46-48(42,43)45-28-33(39)27-37)47-36(41)26-21-16-12-11-13-18-22-31(2)3/h5,9,14,17,19,24,31-34,37-39H,4,6-8,10-13,15-16,18,20-23,25-30H2,1-3H3,(H,42,43)/b14-9+,17-5+,24-19+/t32?,33-,34+/m0/s1. The molecule has 0 amide bonds. The monoisotopic (exact) mass is 704 g/mol. The SMILES string of the molecule is CC/C=C/CC(O)/C=C/C=C/CCCCCCCC(=O)OC[C@H](COP(=O)(O)OC[C@@H](O)CO)OC(=O)CCCCCCCCC(C)C. The van der Waals surface area contributed by atoms with Crippen LogP contribution in [0.1, 0.15) is 130 Å². The minimum absolute atomic E-state index is 0.166. The molecule has 0 saturated carbocycles. The van der Waals surface area contributed by atoms with Crippen LogP contribution in [0, 0.1) is 5.92 Å². The van der Waals surface area contributed by atoms with Crippen LogP contribution in [0.15, 0.2) is 36.5 Å². The molecule has 12 heteroatoms. The molecule has 0 aliphatic carbocycles. The van der Waals surface area contributed by atoms with Gasteiger partial charge in [-0.2, -0.15) is 0 Å². The van der Waals surface area contributed by atoms with E-state index >= 15 is 0 Å². The fourth-order valence-electron chi connectivity index (χ4n) is 4.51. The normalized spacial score (nSPS) is 15.3. The number of carbonyl (C=O) groups is 2. The van der Waals surface area contributed by atoms with Crippen LogP contribution in [0.3, 0.4) is 0 Å². The first-order chi connectivity index (χ1) is 23.0. The number of esters is 2. The molecular formula is C36H65O11P. The third-order valence-electron chi connectivity index (χ3n) is 7.32. The lowest BCUT2D eigenvalue weighted by atomic mass is 10.0. The third kappa shape index (κ3) is 31.4. The summed E-state index contributed by atoms with van der Waals surface area (Å²) in [4.78, 5) is 34.7. The lowest BCUT2D eigenvalue weighted by Crippen LogP contribution is -2.29. The fraction of sp³-hybridized carbons (Fsp3) is 0.778. The highest BCUT2D eigenvalue weighted by Gasteiger charge is 2.27. The Bertz CT molecular complexity index is 935. The zero-order valence-electron chi connectivity index (χ0n) is 29.7. The van der Waals surface area contributed by atoms with E-state index in [1.165, 1.54) is 19.3 Å². The van der Waals surface area contributed by atoms with E-state index < -0.39 is 57.9 Å². The van der Waals surface area contributed by atoms with Gasteiger partial charge >= 0.3 is 19.8 Å². The van der Waals surface area contributed by atoms with E-state index in [-0.39, 0.29) is 19.4 Å². The quantitative estimate of drug-likeness (QED) is 0.0183. The van der Waals surface area contributed by atoms with Gasteiger partial charge < -0.3 is 29.7 Å². The van der Waals surface area contributed by atoms with Crippen molar-refractivity contribution in [1.29, 1.82) is 0 Å². The number of unbranched alkanes of at least 4 members (excludes halogenated alkanes) is 10. The topological polar surface area (TPSA) is 169 Å². The Morgan fingerprint density at radius 3 is 2.00 bits per heavy atom. The average molecular weight is 705 g/mol. The van der Waals surface area contributed by atoms with Crippen molar-refractivity contribution in [1.82, 2.24) is 0 Å². The molecule has 0 aliphatic rings. The molecule has 0 fully saturated rings. The van der Waals surface area contributed by atoms with Gasteiger partial charge in [0.25, 0.3) is 0 Å². The number of hydrogen-bond donors (Lipinski definition) is 4. The summed E-state index contributed by atoms with van der Waals surface area (Å²) in [6, 6.07) is 0. The van der Waals surface area contributed by atoms with Crippen LogP contribution < -0.4 is 0 Å². The largest absolute Gasteiger partial charge is 0.472 e. The maximum Gasteiger partial charge on any atom is 0.472 e. The molecule has 0 bridgehead atoms. The predicted octanol–water partition coefficient (Wildman–Crippen LogP) is 7.27. The van der Waals surface area contributed by atoms with Crippen LogP contribution in [-0.4, -0.2) is 76.9 Å². The van der Waals surface area contributed by atoms with E-state index in [1.54, 1.807) is 6.08 Å². The maximum atomic E-state index is 12.5. The molecule has 0 aromatic heterocycles. The third-order valence-corrected chi connectivity index (χ3v) is 8.27. The molecule has 0 rings (SSSR count). The van der Waals surface area contributed by atoms with E-state index in [1.807, 2.05) is 24.3 Å². The number of aliphatic hydroxyl groups excluding tert-OH is 3. The Morgan fingerprint density at radius 2 is 1.35 bits per heavy atom. The van der Waals surface area contributed by atoms with Gasteiger partial charge in [0.2, 0.25) is 0 Å². The number of allylic oxidation sites excluding steroid dienone is 4. The molecule has 280 valence electrons. The maximum absolute atomic E-state index is 12.5.